The number of para-hydroxylation sites is 1. The first-order valence-electron chi connectivity index (χ1n) is 8.93. The van der Waals surface area contributed by atoms with Crippen LogP contribution in [0, 0.1) is 11.6 Å². The average molecular weight is 410 g/mol. The molecule has 4 aromatic rings. The molecule has 2 aromatic carbocycles. The summed E-state index contributed by atoms with van der Waals surface area (Å²) in [4.78, 5) is 16.6. The molecule has 0 unspecified atom stereocenters. The molecule has 0 fully saturated rings. The van der Waals surface area contributed by atoms with Crippen molar-refractivity contribution in [3.8, 4) is 17.0 Å². The molecule has 0 aliphatic carbocycles. The van der Waals surface area contributed by atoms with Gasteiger partial charge in [0.15, 0.2) is 23.0 Å². The van der Waals surface area contributed by atoms with E-state index in [2.05, 4.69) is 15.5 Å². The highest BCUT2D eigenvalue weighted by Crippen LogP contribution is 2.22. The standard InChI is InChI=1S/C21H16F2N4O3/c1-27-18(13-6-8-14(22)9-7-13)11-24-21(27)25-20(28)17-10-15(30-26-17)12-29-19-5-3-2-4-16(19)23/h2-11H,12H2,1H3,(H,24,25,28). The number of imidazole rings is 1. The smallest absolute Gasteiger partial charge is 0.280 e. The summed E-state index contributed by atoms with van der Waals surface area (Å²) in [6.45, 7) is -0.0850. The number of carbonyl (C=O) groups excluding carboxylic acids is 1. The Hall–Kier alpha value is -4.01. The molecular formula is C21H16F2N4O3. The number of nitrogens with zero attached hydrogens (tertiary/aromatic N) is 3. The Morgan fingerprint density at radius 1 is 1.17 bits per heavy atom. The maximum Gasteiger partial charge on any atom is 0.280 e. The highest BCUT2D eigenvalue weighted by Gasteiger charge is 2.17. The number of nitrogens with one attached hydrogen (secondary N) is 1. The summed E-state index contributed by atoms with van der Waals surface area (Å²) >= 11 is 0. The fourth-order valence-electron chi connectivity index (χ4n) is 2.78. The normalized spacial score (nSPS) is 10.8. The first-order chi connectivity index (χ1) is 14.5. The number of rotatable bonds is 6. The highest BCUT2D eigenvalue weighted by atomic mass is 19.1. The average Bonchev–Trinajstić information content (AvgIpc) is 3.36. The number of ether oxygens (including phenoxy) is 1. The van der Waals surface area contributed by atoms with Crippen molar-refractivity contribution in [3.63, 3.8) is 0 Å². The van der Waals surface area contributed by atoms with Crippen molar-refractivity contribution in [2.45, 2.75) is 6.61 Å². The second kappa shape index (κ2) is 8.16. The van der Waals surface area contributed by atoms with Crippen LogP contribution in [-0.2, 0) is 13.7 Å². The minimum atomic E-state index is -0.532. The van der Waals surface area contributed by atoms with Crippen LogP contribution in [0.5, 0.6) is 5.75 Å². The van der Waals surface area contributed by atoms with Crippen LogP contribution in [0.2, 0.25) is 0 Å². The predicted molar refractivity (Wildman–Crippen MR) is 104 cm³/mol. The molecule has 0 aliphatic heterocycles. The number of halogens is 2. The van der Waals surface area contributed by atoms with E-state index in [1.54, 1.807) is 42.1 Å². The van der Waals surface area contributed by atoms with Gasteiger partial charge in [0, 0.05) is 18.7 Å². The molecule has 152 valence electrons. The lowest BCUT2D eigenvalue weighted by Crippen LogP contribution is -2.15. The number of hydrogen-bond donors (Lipinski definition) is 1. The van der Waals surface area contributed by atoms with E-state index in [1.807, 2.05) is 0 Å². The molecule has 0 saturated heterocycles. The molecular weight excluding hydrogens is 394 g/mol. The molecule has 0 saturated carbocycles. The number of benzene rings is 2. The van der Waals surface area contributed by atoms with Gasteiger partial charge in [0.25, 0.3) is 5.91 Å². The van der Waals surface area contributed by atoms with Crippen molar-refractivity contribution in [1.29, 1.82) is 0 Å². The summed E-state index contributed by atoms with van der Waals surface area (Å²) in [5.74, 6) is -0.754. The summed E-state index contributed by atoms with van der Waals surface area (Å²) in [6.07, 6.45) is 1.57. The van der Waals surface area contributed by atoms with Gasteiger partial charge >= 0.3 is 0 Å². The Morgan fingerprint density at radius 3 is 2.70 bits per heavy atom. The fraction of sp³-hybridized carbons (Fsp3) is 0.0952. The summed E-state index contributed by atoms with van der Waals surface area (Å²) in [6, 6.07) is 13.3. The van der Waals surface area contributed by atoms with Crippen LogP contribution in [0.4, 0.5) is 14.7 Å². The third-order valence-corrected chi connectivity index (χ3v) is 4.35. The number of carbonyl (C=O) groups is 1. The number of hydrogen-bond acceptors (Lipinski definition) is 5. The molecule has 0 atom stereocenters. The van der Waals surface area contributed by atoms with Crippen LogP contribution in [0.15, 0.2) is 65.3 Å². The molecule has 7 nitrogen and oxygen atoms in total. The van der Waals surface area contributed by atoms with Gasteiger partial charge in [-0.15, -0.1) is 0 Å². The Labute approximate surface area is 169 Å². The van der Waals surface area contributed by atoms with Crippen molar-refractivity contribution < 1.29 is 22.8 Å². The molecule has 0 bridgehead atoms. The van der Waals surface area contributed by atoms with Gasteiger partial charge in [-0.25, -0.2) is 13.8 Å². The van der Waals surface area contributed by atoms with E-state index in [9.17, 15) is 13.6 Å². The van der Waals surface area contributed by atoms with Crippen LogP contribution in [0.25, 0.3) is 11.3 Å². The Balaban J connectivity index is 1.42. The zero-order valence-corrected chi connectivity index (χ0v) is 15.8. The molecule has 2 heterocycles. The van der Waals surface area contributed by atoms with Gasteiger partial charge < -0.3 is 13.8 Å². The zero-order chi connectivity index (χ0) is 21.1. The lowest BCUT2D eigenvalue weighted by molar-refractivity contribution is 0.101. The molecule has 1 N–H and O–H groups in total. The molecule has 0 radical (unpaired) electrons. The molecule has 9 heteroatoms. The van der Waals surface area contributed by atoms with Crippen molar-refractivity contribution in [1.82, 2.24) is 14.7 Å². The van der Waals surface area contributed by atoms with E-state index < -0.39 is 11.7 Å². The summed E-state index contributed by atoms with van der Waals surface area (Å²) < 4.78 is 38.8. The third-order valence-electron chi connectivity index (χ3n) is 4.35. The lowest BCUT2D eigenvalue weighted by atomic mass is 10.2. The summed E-state index contributed by atoms with van der Waals surface area (Å²) in [7, 11) is 1.72. The van der Waals surface area contributed by atoms with Crippen LogP contribution >= 0.6 is 0 Å². The SMILES string of the molecule is Cn1c(-c2ccc(F)cc2)cnc1NC(=O)c1cc(COc2ccccc2F)on1. The van der Waals surface area contributed by atoms with Crippen molar-refractivity contribution >= 4 is 11.9 Å². The third kappa shape index (κ3) is 4.04. The Kier molecular flexibility index (Phi) is 5.25. The van der Waals surface area contributed by atoms with Crippen molar-refractivity contribution in [2.24, 2.45) is 7.05 Å². The monoisotopic (exact) mass is 410 g/mol. The topological polar surface area (TPSA) is 82.2 Å². The molecule has 30 heavy (non-hydrogen) atoms. The van der Waals surface area contributed by atoms with Gasteiger partial charge in [-0.2, -0.15) is 0 Å². The number of aromatic nitrogens is 3. The highest BCUT2D eigenvalue weighted by molar-refractivity contribution is 6.02. The van der Waals surface area contributed by atoms with Crippen LogP contribution in [-0.4, -0.2) is 20.6 Å². The maximum atomic E-state index is 13.6. The Morgan fingerprint density at radius 2 is 1.93 bits per heavy atom. The first-order valence-corrected chi connectivity index (χ1v) is 8.93. The van der Waals surface area contributed by atoms with Crippen LogP contribution in [0.1, 0.15) is 16.2 Å². The van der Waals surface area contributed by atoms with Crippen LogP contribution < -0.4 is 10.1 Å². The van der Waals surface area contributed by atoms with Gasteiger partial charge in [-0.05, 0) is 36.4 Å². The summed E-state index contributed by atoms with van der Waals surface area (Å²) in [5.41, 5.74) is 1.47. The van der Waals surface area contributed by atoms with Crippen LogP contribution in [0.3, 0.4) is 0 Å². The van der Waals surface area contributed by atoms with E-state index in [-0.39, 0.29) is 35.6 Å². The summed E-state index contributed by atoms with van der Waals surface area (Å²) in [5, 5.41) is 6.35. The lowest BCUT2D eigenvalue weighted by Gasteiger charge is -2.06. The van der Waals surface area contributed by atoms with E-state index in [0.717, 1.165) is 5.56 Å². The second-order valence-electron chi connectivity index (χ2n) is 6.38. The molecule has 4 rings (SSSR count). The predicted octanol–water partition coefficient (Wildman–Crippen LogP) is 4.18. The van der Waals surface area contributed by atoms with E-state index >= 15 is 0 Å². The molecule has 0 aliphatic rings. The van der Waals surface area contributed by atoms with Gasteiger partial charge in [0.05, 0.1) is 11.9 Å². The maximum absolute atomic E-state index is 13.6. The molecule has 0 spiro atoms. The van der Waals surface area contributed by atoms with Gasteiger partial charge in [-0.3, -0.25) is 10.1 Å². The van der Waals surface area contributed by atoms with Crippen molar-refractivity contribution in [2.75, 3.05) is 5.32 Å². The number of anilines is 1. The van der Waals surface area contributed by atoms with E-state index in [4.69, 9.17) is 9.26 Å². The first kappa shape index (κ1) is 19.3. The van der Waals surface area contributed by atoms with Gasteiger partial charge in [-0.1, -0.05) is 17.3 Å². The molecule has 2 aromatic heterocycles. The van der Waals surface area contributed by atoms with E-state index in [0.29, 0.717) is 5.69 Å². The Bertz CT molecular complexity index is 1190. The fourth-order valence-corrected chi connectivity index (χ4v) is 2.78. The largest absolute Gasteiger partial charge is 0.482 e. The van der Waals surface area contributed by atoms with Gasteiger partial charge in [0.2, 0.25) is 5.95 Å². The van der Waals surface area contributed by atoms with Gasteiger partial charge in [0.1, 0.15) is 12.4 Å². The zero-order valence-electron chi connectivity index (χ0n) is 15.8. The minimum absolute atomic E-state index is 0.0217. The quantitative estimate of drug-likeness (QED) is 0.516. The van der Waals surface area contributed by atoms with E-state index in [1.165, 1.54) is 30.3 Å². The van der Waals surface area contributed by atoms with Crippen molar-refractivity contribution in [3.05, 3.63) is 83.9 Å². The minimum Gasteiger partial charge on any atom is -0.482 e. The second-order valence-corrected chi connectivity index (χ2v) is 6.38. The molecule has 1 amide bonds. The number of amides is 1.